The predicted molar refractivity (Wildman–Crippen MR) is 226 cm³/mol. The lowest BCUT2D eigenvalue weighted by Gasteiger charge is -2.38. The first-order valence-electron chi connectivity index (χ1n) is 21.2. The van der Waals surface area contributed by atoms with Crippen LogP contribution < -0.4 is 10.6 Å². The molecule has 0 unspecified atom stereocenters. The summed E-state index contributed by atoms with van der Waals surface area (Å²) in [6, 6.07) is 12.9. The third-order valence-electron chi connectivity index (χ3n) is 11.9. The molecule has 1 saturated heterocycles. The first kappa shape index (κ1) is 47.1. The van der Waals surface area contributed by atoms with E-state index in [9.17, 15) is 45.6 Å². The highest BCUT2D eigenvalue weighted by Crippen LogP contribution is 2.32. The van der Waals surface area contributed by atoms with Gasteiger partial charge in [0, 0.05) is 49.0 Å². The summed E-state index contributed by atoms with van der Waals surface area (Å²) >= 11 is 0. The van der Waals surface area contributed by atoms with Gasteiger partial charge in [0.25, 0.3) is 0 Å². The van der Waals surface area contributed by atoms with Crippen LogP contribution in [0.4, 0.5) is 0 Å². The minimum absolute atomic E-state index is 0.0406. The van der Waals surface area contributed by atoms with Crippen LogP contribution in [0.25, 0.3) is 0 Å². The van der Waals surface area contributed by atoms with Crippen LogP contribution in [-0.2, 0) is 17.6 Å². The Kier molecular flexibility index (Phi) is 18.9. The predicted octanol–water partition coefficient (Wildman–Crippen LogP) is 4.67. The Labute approximate surface area is 344 Å². The molecule has 58 heavy (non-hydrogen) atoms. The van der Waals surface area contributed by atoms with Crippen molar-refractivity contribution in [1.82, 2.24) is 10.6 Å². The van der Waals surface area contributed by atoms with Gasteiger partial charge in [-0.3, -0.25) is 4.79 Å². The lowest BCUT2D eigenvalue weighted by Crippen LogP contribution is -2.54. The topological polar surface area (TPSA) is 203 Å². The number of benzene rings is 2. The number of allylic oxidation sites excluding steroid dienone is 2. The van der Waals surface area contributed by atoms with Crippen molar-refractivity contribution in [3.8, 4) is 17.6 Å². The van der Waals surface area contributed by atoms with Crippen LogP contribution in [-0.4, -0.2) is 108 Å². The van der Waals surface area contributed by atoms with Gasteiger partial charge in [-0.25, -0.2) is 0 Å². The molecule has 11 heteroatoms. The second-order valence-corrected chi connectivity index (χ2v) is 16.8. The van der Waals surface area contributed by atoms with Gasteiger partial charge in [-0.05, 0) is 112 Å². The summed E-state index contributed by atoms with van der Waals surface area (Å²) in [5.74, 6) is 5.58. The van der Waals surface area contributed by atoms with Crippen molar-refractivity contribution in [3.63, 3.8) is 0 Å². The molecule has 0 saturated carbocycles. The Morgan fingerprint density at radius 1 is 1.02 bits per heavy atom. The van der Waals surface area contributed by atoms with Gasteiger partial charge in [-0.1, -0.05) is 80.5 Å². The highest BCUT2D eigenvalue weighted by atomic mass is 16.4. The van der Waals surface area contributed by atoms with Gasteiger partial charge in [0.2, 0.25) is 0 Å². The van der Waals surface area contributed by atoms with Crippen LogP contribution in [0.1, 0.15) is 115 Å². The molecule has 1 fully saturated rings. The normalized spacial score (nSPS) is 26.4. The van der Waals surface area contributed by atoms with Crippen LogP contribution in [0, 0.1) is 17.8 Å². The minimum atomic E-state index is -1.40. The van der Waals surface area contributed by atoms with Crippen LogP contribution in [0.2, 0.25) is 0 Å². The Bertz CT molecular complexity index is 1700. The molecule has 320 valence electrons. The molecular formula is C47H68N2O9. The van der Waals surface area contributed by atoms with Gasteiger partial charge in [0.15, 0.2) is 0 Å². The Morgan fingerprint density at radius 3 is 2.47 bits per heavy atom. The van der Waals surface area contributed by atoms with Crippen LogP contribution in [0.3, 0.4) is 0 Å². The smallest absolute Gasteiger partial charge is 0.303 e. The second-order valence-electron chi connectivity index (χ2n) is 16.8. The SMILES string of the molecule is CCCC[C@H](O)[C@H](O)/C=C/C1=C(\C[C@H](O)CO)[C@H](CC[C@H](O)[C@H]2N[C@@H](C)CCC[C@@H]2CC(=O)O)N[C@@H]([C@@](C)(O)Cc2ccc(O)cc2)CC#Cc2ccccc2CC1. The van der Waals surface area contributed by atoms with Crippen molar-refractivity contribution in [2.75, 3.05) is 6.61 Å². The number of phenolic OH excluding ortho intramolecular Hbond substituents is 1. The zero-order valence-electron chi connectivity index (χ0n) is 34.6. The van der Waals surface area contributed by atoms with Crippen molar-refractivity contribution >= 4 is 5.97 Å². The number of rotatable bonds is 18. The van der Waals surface area contributed by atoms with Gasteiger partial charge in [0.05, 0.1) is 36.6 Å². The largest absolute Gasteiger partial charge is 0.508 e. The third kappa shape index (κ3) is 14.6. The zero-order chi connectivity index (χ0) is 42.2. The summed E-state index contributed by atoms with van der Waals surface area (Å²) in [6.07, 6.45) is 5.62. The standard InChI is InChI=1S/C47H68N2O9/c1-4-5-15-41(53)42(54)25-21-35-20-19-34-12-7-6-11-33(34)13-9-16-44(47(3,58)29-32-17-22-37(51)23-18-32)49-40(39(35)28-38(52)30-50)24-26-43(55)46-36(27-45(56)57)14-8-10-31(2)48-46/h6-7,11-12,17-18,21-23,25,31,36,38,40-44,46,48-55,58H,4-5,8,10,14-16,19-20,24,26-30H2,1-3H3,(H,56,57)/b25-21+,39-35+/t31-,36+,38-,40-,41-,42+,43-,44+,46-,47-/m0/s1. The van der Waals surface area contributed by atoms with Crippen molar-refractivity contribution in [1.29, 1.82) is 0 Å². The van der Waals surface area contributed by atoms with Crippen molar-refractivity contribution in [3.05, 3.63) is 88.5 Å². The fourth-order valence-electron chi connectivity index (χ4n) is 8.49. The maximum Gasteiger partial charge on any atom is 0.303 e. The Morgan fingerprint density at radius 2 is 1.76 bits per heavy atom. The number of carboxylic acid groups (broad SMARTS) is 1. The molecule has 2 aromatic carbocycles. The number of aryl methyl sites for hydroxylation is 1. The zero-order valence-corrected chi connectivity index (χ0v) is 34.6. The van der Waals surface area contributed by atoms with Crippen LogP contribution in [0.5, 0.6) is 5.75 Å². The van der Waals surface area contributed by atoms with E-state index in [-0.39, 0.29) is 49.8 Å². The Balaban J connectivity index is 1.86. The van der Waals surface area contributed by atoms with Gasteiger partial charge in [0.1, 0.15) is 5.75 Å². The molecule has 11 nitrogen and oxygen atoms in total. The second kappa shape index (κ2) is 23.3. The lowest BCUT2D eigenvalue weighted by molar-refractivity contribution is -0.138. The lowest BCUT2D eigenvalue weighted by atomic mass is 9.82. The maximum atomic E-state index is 12.3. The van der Waals surface area contributed by atoms with Crippen LogP contribution >= 0.6 is 0 Å². The number of fused-ring (bicyclic) bond motifs is 1. The van der Waals surface area contributed by atoms with E-state index in [4.69, 9.17) is 0 Å². The first-order valence-corrected chi connectivity index (χ1v) is 21.2. The molecule has 2 aliphatic rings. The third-order valence-corrected chi connectivity index (χ3v) is 11.9. The number of phenols is 1. The number of hydrogen-bond donors (Lipinski definition) is 10. The number of aromatic hydroxyl groups is 1. The van der Waals surface area contributed by atoms with Crippen molar-refractivity contribution < 1.29 is 45.6 Å². The summed E-state index contributed by atoms with van der Waals surface area (Å²) in [5.41, 5.74) is 2.73. The van der Waals surface area contributed by atoms with Gasteiger partial charge in [-0.15, -0.1) is 0 Å². The molecule has 0 aromatic heterocycles. The molecule has 0 amide bonds. The first-order chi connectivity index (χ1) is 27.7. The number of nitrogens with one attached hydrogen (secondary N) is 2. The summed E-state index contributed by atoms with van der Waals surface area (Å²) < 4.78 is 0. The molecule has 4 rings (SSSR count). The molecule has 0 aliphatic carbocycles. The quantitative estimate of drug-likeness (QED) is 0.0939. The average molecular weight is 805 g/mol. The van der Waals surface area contributed by atoms with Gasteiger partial charge < -0.3 is 51.5 Å². The fraction of sp³-hybridized carbons (Fsp3) is 0.596. The fourth-order valence-corrected chi connectivity index (χ4v) is 8.49. The number of hydrogen-bond acceptors (Lipinski definition) is 10. The average Bonchev–Trinajstić information content (AvgIpc) is 3.37. The van der Waals surface area contributed by atoms with E-state index in [1.165, 1.54) is 0 Å². The number of carboxylic acids is 1. The summed E-state index contributed by atoms with van der Waals surface area (Å²) in [7, 11) is 0. The van der Waals surface area contributed by atoms with E-state index in [1.54, 1.807) is 43.3 Å². The van der Waals surface area contributed by atoms with E-state index >= 15 is 0 Å². The van der Waals surface area contributed by atoms with E-state index in [2.05, 4.69) is 22.5 Å². The molecular weight excluding hydrogens is 737 g/mol. The molecule has 0 spiro atoms. The van der Waals surface area contributed by atoms with E-state index in [1.807, 2.05) is 38.1 Å². The van der Waals surface area contributed by atoms with Crippen molar-refractivity contribution in [2.24, 2.45) is 5.92 Å². The monoisotopic (exact) mass is 804 g/mol. The van der Waals surface area contributed by atoms with Gasteiger partial charge in [-0.2, -0.15) is 0 Å². The molecule has 10 atom stereocenters. The molecule has 2 aliphatic heterocycles. The highest BCUT2D eigenvalue weighted by molar-refractivity contribution is 5.67. The molecule has 0 radical (unpaired) electrons. The highest BCUT2D eigenvalue weighted by Gasteiger charge is 2.37. The molecule has 0 bridgehead atoms. The van der Waals surface area contributed by atoms with Crippen LogP contribution in [0.15, 0.2) is 71.8 Å². The minimum Gasteiger partial charge on any atom is -0.508 e. The summed E-state index contributed by atoms with van der Waals surface area (Å²) in [6.45, 7) is 5.29. The number of unbranched alkanes of at least 4 members (excludes halogenated alkanes) is 1. The van der Waals surface area contributed by atoms with E-state index in [0.29, 0.717) is 32.1 Å². The van der Waals surface area contributed by atoms with E-state index < -0.39 is 60.7 Å². The number of aliphatic hydroxyl groups is 6. The molecule has 2 heterocycles. The molecule has 2 aromatic rings. The van der Waals surface area contributed by atoms with Gasteiger partial charge >= 0.3 is 5.97 Å². The summed E-state index contributed by atoms with van der Waals surface area (Å²) in [5, 5.41) is 94.4. The van der Waals surface area contributed by atoms with Crippen molar-refractivity contribution in [2.45, 2.75) is 165 Å². The Hall–Kier alpha value is -3.57. The number of aliphatic hydroxyl groups excluding tert-OH is 5. The summed E-state index contributed by atoms with van der Waals surface area (Å²) in [4.78, 5) is 11.9. The maximum absolute atomic E-state index is 12.3. The van der Waals surface area contributed by atoms with E-state index in [0.717, 1.165) is 53.5 Å². The number of aliphatic carboxylic acids is 1. The number of carbonyl (C=O) groups is 1. The molecule has 10 N–H and O–H groups in total.